The van der Waals surface area contributed by atoms with Crippen molar-refractivity contribution in [2.45, 2.75) is 71.1 Å². The largest absolute Gasteiger partial charge is 0.444 e. The number of hydrogen-bond donors (Lipinski definition) is 2. The summed E-state index contributed by atoms with van der Waals surface area (Å²) in [5.74, 6) is 0.424. The van der Waals surface area contributed by atoms with Crippen molar-refractivity contribution in [2.24, 2.45) is 5.92 Å². The molecule has 1 aliphatic heterocycles. The highest BCUT2D eigenvalue weighted by Crippen LogP contribution is 2.34. The van der Waals surface area contributed by atoms with Gasteiger partial charge in [-0.1, -0.05) is 11.6 Å². The Hall–Kier alpha value is -2.02. The van der Waals surface area contributed by atoms with Crippen LogP contribution in [0.5, 0.6) is 0 Å². The first-order chi connectivity index (χ1) is 13.5. The minimum Gasteiger partial charge on any atom is -0.444 e. The predicted molar refractivity (Wildman–Crippen MR) is 114 cm³/mol. The maximum Gasteiger partial charge on any atom is 0.408 e. The number of pyridine rings is 1. The summed E-state index contributed by atoms with van der Waals surface area (Å²) in [6.45, 7) is 10.8. The summed E-state index contributed by atoms with van der Waals surface area (Å²) in [5, 5.41) is 6.39. The molecule has 8 heteroatoms. The molecule has 7 nitrogen and oxygen atoms in total. The molecule has 0 radical (unpaired) electrons. The summed E-state index contributed by atoms with van der Waals surface area (Å²) in [6, 6.07) is 1.86. The van der Waals surface area contributed by atoms with Crippen molar-refractivity contribution in [3.63, 3.8) is 0 Å². The second kappa shape index (κ2) is 8.01. The van der Waals surface area contributed by atoms with Gasteiger partial charge in [-0.2, -0.15) is 0 Å². The van der Waals surface area contributed by atoms with E-state index in [4.69, 9.17) is 16.3 Å². The number of carbonyl (C=O) groups is 2. The van der Waals surface area contributed by atoms with E-state index in [9.17, 15) is 9.59 Å². The maximum absolute atomic E-state index is 12.9. The van der Waals surface area contributed by atoms with Crippen LogP contribution >= 0.6 is 11.6 Å². The number of alkyl carbamates (subject to hydrolysis) is 1. The minimum atomic E-state index is -0.555. The monoisotopic (exact) mass is 422 g/mol. The summed E-state index contributed by atoms with van der Waals surface area (Å²) >= 11 is 6.13. The molecule has 1 saturated heterocycles. The first-order valence-corrected chi connectivity index (χ1v) is 10.6. The number of anilines is 1. The van der Waals surface area contributed by atoms with Crippen molar-refractivity contribution in [2.75, 3.05) is 18.0 Å². The Balaban J connectivity index is 1.72. The number of ether oxygens (including phenoxy) is 1. The molecular formula is C21H31ClN4O3. The Morgan fingerprint density at radius 1 is 1.38 bits per heavy atom. The normalized spacial score (nSPS) is 22.9. The second-order valence-corrected chi connectivity index (χ2v) is 9.87. The Morgan fingerprint density at radius 2 is 2.07 bits per heavy atom. The van der Waals surface area contributed by atoms with Crippen molar-refractivity contribution >= 4 is 29.3 Å². The average Bonchev–Trinajstić information content (AvgIpc) is 3.36. The van der Waals surface area contributed by atoms with E-state index in [2.05, 4.69) is 20.5 Å². The molecule has 1 aromatic rings. The van der Waals surface area contributed by atoms with Crippen molar-refractivity contribution in [1.29, 1.82) is 0 Å². The number of nitrogens with zero attached hydrogens (tertiary/aromatic N) is 2. The zero-order valence-electron chi connectivity index (χ0n) is 17.8. The number of nitrogens with one attached hydrogen (secondary N) is 2. The van der Waals surface area contributed by atoms with Crippen LogP contribution in [0.15, 0.2) is 12.3 Å². The number of halogens is 1. The van der Waals surface area contributed by atoms with Gasteiger partial charge in [0.15, 0.2) is 0 Å². The first-order valence-electron chi connectivity index (χ1n) is 10.2. The summed E-state index contributed by atoms with van der Waals surface area (Å²) in [7, 11) is 0. The third kappa shape index (κ3) is 5.75. The highest BCUT2D eigenvalue weighted by molar-refractivity contribution is 6.29. The topological polar surface area (TPSA) is 83.6 Å². The maximum atomic E-state index is 12.9. The molecule has 0 unspecified atom stereocenters. The van der Waals surface area contributed by atoms with E-state index in [0.717, 1.165) is 24.9 Å². The number of hydrogen-bond acceptors (Lipinski definition) is 5. The molecule has 2 aliphatic rings. The third-order valence-corrected chi connectivity index (χ3v) is 5.60. The van der Waals surface area contributed by atoms with Gasteiger partial charge in [-0.15, -0.1) is 0 Å². The van der Waals surface area contributed by atoms with E-state index in [-0.39, 0.29) is 11.9 Å². The standard InChI is InChI=1S/C21H31ClN4O3/c1-13(14-6-7-14)24-18(27)15-11-23-17(22)10-16(15)26-9-8-21(5,12-26)25-19(28)29-20(2,3)4/h10-11,13-14H,6-9,12H2,1-5H3,(H,24,27)(H,25,28)/t13-,21-/m0/s1. The number of carbonyl (C=O) groups excluding carboxylic acids is 2. The zero-order chi connectivity index (χ0) is 21.4. The van der Waals surface area contributed by atoms with E-state index < -0.39 is 17.2 Å². The van der Waals surface area contributed by atoms with Crippen molar-refractivity contribution in [1.82, 2.24) is 15.6 Å². The van der Waals surface area contributed by atoms with Crippen molar-refractivity contribution < 1.29 is 14.3 Å². The van der Waals surface area contributed by atoms with Crippen LogP contribution in [0.4, 0.5) is 10.5 Å². The van der Waals surface area contributed by atoms with Gasteiger partial charge in [0.25, 0.3) is 5.91 Å². The van der Waals surface area contributed by atoms with Gasteiger partial charge in [0.1, 0.15) is 10.8 Å². The van der Waals surface area contributed by atoms with Gasteiger partial charge in [0.2, 0.25) is 0 Å². The fourth-order valence-electron chi connectivity index (χ4n) is 3.67. The van der Waals surface area contributed by atoms with Crippen LogP contribution in [0, 0.1) is 5.92 Å². The van der Waals surface area contributed by atoms with Gasteiger partial charge in [-0.25, -0.2) is 9.78 Å². The van der Waals surface area contributed by atoms with Crippen LogP contribution in [-0.4, -0.2) is 47.3 Å². The fourth-order valence-corrected chi connectivity index (χ4v) is 3.83. The Kier molecular flexibility index (Phi) is 5.99. The summed E-state index contributed by atoms with van der Waals surface area (Å²) in [5.41, 5.74) is 0.220. The lowest BCUT2D eigenvalue weighted by atomic mass is 10.0. The highest BCUT2D eigenvalue weighted by Gasteiger charge is 2.38. The van der Waals surface area contributed by atoms with Crippen LogP contribution < -0.4 is 15.5 Å². The van der Waals surface area contributed by atoms with Gasteiger partial charge >= 0.3 is 6.09 Å². The molecular weight excluding hydrogens is 392 g/mol. The molecule has 2 fully saturated rings. The molecule has 0 spiro atoms. The molecule has 0 bridgehead atoms. The Bertz CT molecular complexity index is 791. The first kappa shape index (κ1) is 21.7. The molecule has 3 rings (SSSR count). The van der Waals surface area contributed by atoms with E-state index in [1.807, 2.05) is 34.6 Å². The molecule has 2 heterocycles. The summed E-state index contributed by atoms with van der Waals surface area (Å²) in [6.07, 6.45) is 4.14. The smallest absolute Gasteiger partial charge is 0.408 e. The third-order valence-electron chi connectivity index (χ3n) is 5.40. The van der Waals surface area contributed by atoms with Gasteiger partial charge in [0, 0.05) is 25.3 Å². The fraction of sp³-hybridized carbons (Fsp3) is 0.667. The molecule has 2 atom stereocenters. The van der Waals surface area contributed by atoms with Crippen LogP contribution in [0.25, 0.3) is 0 Å². The van der Waals surface area contributed by atoms with Gasteiger partial charge < -0.3 is 20.3 Å². The molecule has 1 aromatic heterocycles. The molecule has 2 N–H and O–H groups in total. The minimum absolute atomic E-state index is 0.141. The SMILES string of the molecule is C[C@H](NC(=O)c1cnc(Cl)cc1N1CC[C@](C)(NC(=O)OC(C)(C)C)C1)C1CC1. The molecule has 29 heavy (non-hydrogen) atoms. The summed E-state index contributed by atoms with van der Waals surface area (Å²) < 4.78 is 5.40. The quantitative estimate of drug-likeness (QED) is 0.706. The van der Waals surface area contributed by atoms with E-state index in [1.54, 1.807) is 6.07 Å². The Morgan fingerprint density at radius 3 is 2.69 bits per heavy atom. The lowest BCUT2D eigenvalue weighted by Crippen LogP contribution is -2.49. The van der Waals surface area contributed by atoms with E-state index in [1.165, 1.54) is 6.20 Å². The van der Waals surface area contributed by atoms with Gasteiger partial charge in [0.05, 0.1) is 16.8 Å². The zero-order valence-corrected chi connectivity index (χ0v) is 18.6. The molecule has 1 saturated carbocycles. The van der Waals surface area contributed by atoms with Crippen LogP contribution in [0.1, 0.15) is 64.2 Å². The van der Waals surface area contributed by atoms with Gasteiger partial charge in [-0.05, 0) is 65.9 Å². The number of rotatable bonds is 5. The molecule has 2 amide bonds. The van der Waals surface area contributed by atoms with Crippen molar-refractivity contribution in [3.8, 4) is 0 Å². The predicted octanol–water partition coefficient (Wildman–Crippen LogP) is 3.76. The van der Waals surface area contributed by atoms with Crippen LogP contribution in [0.3, 0.4) is 0 Å². The van der Waals surface area contributed by atoms with Gasteiger partial charge in [-0.3, -0.25) is 4.79 Å². The van der Waals surface area contributed by atoms with E-state index in [0.29, 0.717) is 29.7 Å². The highest BCUT2D eigenvalue weighted by atomic mass is 35.5. The number of aromatic nitrogens is 1. The average molecular weight is 423 g/mol. The summed E-state index contributed by atoms with van der Waals surface area (Å²) in [4.78, 5) is 31.3. The molecule has 160 valence electrons. The van der Waals surface area contributed by atoms with Crippen LogP contribution in [-0.2, 0) is 4.74 Å². The van der Waals surface area contributed by atoms with Crippen molar-refractivity contribution in [3.05, 3.63) is 23.0 Å². The van der Waals surface area contributed by atoms with E-state index >= 15 is 0 Å². The molecule has 1 aliphatic carbocycles. The molecule has 0 aromatic carbocycles. The van der Waals surface area contributed by atoms with Crippen LogP contribution in [0.2, 0.25) is 5.15 Å². The second-order valence-electron chi connectivity index (χ2n) is 9.48. The lowest BCUT2D eigenvalue weighted by molar-refractivity contribution is 0.0473. The lowest BCUT2D eigenvalue weighted by Gasteiger charge is -2.29. The Labute approximate surface area is 177 Å². The number of amides is 2.